The number of alkyl halides is 3. The number of aromatic nitrogens is 2. The number of rotatable bonds is 8. The van der Waals surface area contributed by atoms with Crippen molar-refractivity contribution in [3.05, 3.63) is 58.6 Å². The lowest BCUT2D eigenvalue weighted by Crippen LogP contribution is -2.47. The van der Waals surface area contributed by atoms with E-state index in [0.717, 1.165) is 54.8 Å². The van der Waals surface area contributed by atoms with E-state index in [-0.39, 0.29) is 52.2 Å². The Labute approximate surface area is 230 Å². The number of halogens is 6. The third kappa shape index (κ3) is 8.65. The molecule has 1 aromatic heterocycles. The van der Waals surface area contributed by atoms with Crippen LogP contribution in [0.15, 0.2) is 36.4 Å². The van der Waals surface area contributed by atoms with Crippen LogP contribution in [0.25, 0.3) is 10.6 Å². The quantitative estimate of drug-likeness (QED) is 0.307. The van der Waals surface area contributed by atoms with E-state index in [2.05, 4.69) is 25.2 Å². The number of benzene rings is 2. The molecule has 15 heteroatoms. The molecule has 1 amide bonds. The average Bonchev–Trinajstić information content (AvgIpc) is 3.29. The highest BCUT2D eigenvalue weighted by atomic mass is 35.5. The number of hydrogen-bond donors (Lipinski definition) is 1. The molecule has 210 valence electrons. The number of ether oxygens (including phenoxy) is 1. The molecule has 0 atom stereocenters. The van der Waals surface area contributed by atoms with Crippen molar-refractivity contribution in [1.82, 2.24) is 20.0 Å². The molecule has 2 heterocycles. The van der Waals surface area contributed by atoms with Crippen LogP contribution >= 0.6 is 23.7 Å². The Morgan fingerprint density at radius 1 is 1.03 bits per heavy atom. The Morgan fingerprint density at radius 3 is 2.33 bits per heavy atom. The van der Waals surface area contributed by atoms with E-state index in [1.165, 1.54) is 0 Å². The highest BCUT2D eigenvalue weighted by Crippen LogP contribution is 2.32. The van der Waals surface area contributed by atoms with Crippen LogP contribution < -0.4 is 10.1 Å². The van der Waals surface area contributed by atoms with Crippen LogP contribution in [0.5, 0.6) is 5.75 Å². The second-order valence-electron chi connectivity index (χ2n) is 8.65. The zero-order chi connectivity index (χ0) is 27.4. The molecule has 0 aliphatic carbocycles. The largest absolute Gasteiger partial charge is 0.573 e. The average molecular weight is 592 g/mol. The summed E-state index contributed by atoms with van der Waals surface area (Å²) in [5.74, 6) is -3.33. The van der Waals surface area contributed by atoms with E-state index in [1.54, 1.807) is 0 Å². The number of nitrogens with zero attached hydrogens (tertiary/aromatic N) is 4. The Kier molecular flexibility index (Phi) is 9.93. The fraction of sp³-hybridized carbons (Fsp3) is 0.333. The SMILES string of the molecule is CN1CCN(CC(=O)Nc2cc(C(=O)Cc3nnc(-c4cc(F)cc(F)c4)s3)ccc2OC(F)(F)F)CC1.Cl. The van der Waals surface area contributed by atoms with Gasteiger partial charge in [0, 0.05) is 43.4 Å². The van der Waals surface area contributed by atoms with Crippen molar-refractivity contribution in [1.29, 1.82) is 0 Å². The molecule has 1 aliphatic heterocycles. The summed E-state index contributed by atoms with van der Waals surface area (Å²) in [5, 5.41) is 10.6. The van der Waals surface area contributed by atoms with Crippen molar-refractivity contribution < 1.29 is 36.3 Å². The van der Waals surface area contributed by atoms with Crippen LogP contribution in [0.3, 0.4) is 0 Å². The molecular formula is C24H23ClF5N5O3S. The van der Waals surface area contributed by atoms with E-state index < -0.39 is 35.4 Å². The monoisotopic (exact) mass is 591 g/mol. The Balaban J connectivity index is 0.00000420. The number of amides is 1. The highest BCUT2D eigenvalue weighted by molar-refractivity contribution is 7.14. The van der Waals surface area contributed by atoms with Gasteiger partial charge in [-0.05, 0) is 37.4 Å². The molecule has 1 saturated heterocycles. The van der Waals surface area contributed by atoms with E-state index >= 15 is 0 Å². The van der Waals surface area contributed by atoms with Crippen molar-refractivity contribution in [2.24, 2.45) is 0 Å². The molecule has 0 saturated carbocycles. The molecule has 1 fully saturated rings. The molecule has 1 aliphatic rings. The first-order chi connectivity index (χ1) is 17.9. The van der Waals surface area contributed by atoms with Crippen LogP contribution in [-0.2, 0) is 11.2 Å². The van der Waals surface area contributed by atoms with Gasteiger partial charge in [-0.25, -0.2) is 8.78 Å². The van der Waals surface area contributed by atoms with Crippen LogP contribution in [0.4, 0.5) is 27.6 Å². The minimum atomic E-state index is -5.01. The summed E-state index contributed by atoms with van der Waals surface area (Å²) in [6, 6.07) is 6.06. The van der Waals surface area contributed by atoms with Crippen molar-refractivity contribution in [2.45, 2.75) is 12.8 Å². The normalized spacial score (nSPS) is 14.5. The minimum Gasteiger partial charge on any atom is -0.404 e. The summed E-state index contributed by atoms with van der Waals surface area (Å²) in [6.07, 6.45) is -5.29. The number of hydrogen-bond acceptors (Lipinski definition) is 8. The topological polar surface area (TPSA) is 87.7 Å². The second kappa shape index (κ2) is 12.8. The molecule has 0 spiro atoms. The van der Waals surface area contributed by atoms with Gasteiger partial charge in [0.15, 0.2) is 11.5 Å². The molecule has 2 aromatic carbocycles. The lowest BCUT2D eigenvalue weighted by Gasteiger charge is -2.31. The molecule has 8 nitrogen and oxygen atoms in total. The van der Waals surface area contributed by atoms with Crippen molar-refractivity contribution in [2.75, 3.05) is 45.1 Å². The standard InChI is InChI=1S/C24H22F5N5O3S.ClH/c1-33-4-6-34(7-5-33)13-21(36)30-18-10-14(2-3-20(18)37-24(27,28)29)19(35)12-22-31-32-23(38-22)15-8-16(25)11-17(26)9-15;/h2-3,8-11H,4-7,12-13H2,1H3,(H,30,36);1H. The number of ketones is 1. The summed E-state index contributed by atoms with van der Waals surface area (Å²) in [5.41, 5.74) is -0.152. The zero-order valence-electron chi connectivity index (χ0n) is 20.4. The van der Waals surface area contributed by atoms with Gasteiger partial charge in [-0.1, -0.05) is 11.3 Å². The second-order valence-corrected chi connectivity index (χ2v) is 9.71. The van der Waals surface area contributed by atoms with Gasteiger partial charge in [0.1, 0.15) is 21.6 Å². The summed E-state index contributed by atoms with van der Waals surface area (Å²) >= 11 is 0.943. The number of carbonyl (C=O) groups is 2. The summed E-state index contributed by atoms with van der Waals surface area (Å²) in [6.45, 7) is 2.72. The van der Waals surface area contributed by atoms with Crippen molar-refractivity contribution in [3.63, 3.8) is 0 Å². The van der Waals surface area contributed by atoms with Gasteiger partial charge >= 0.3 is 6.36 Å². The number of carbonyl (C=O) groups excluding carboxylic acids is 2. The van der Waals surface area contributed by atoms with E-state index in [4.69, 9.17) is 0 Å². The van der Waals surface area contributed by atoms with Crippen molar-refractivity contribution >= 4 is 41.1 Å². The van der Waals surface area contributed by atoms with E-state index in [0.29, 0.717) is 19.2 Å². The van der Waals surface area contributed by atoms with Crippen LogP contribution in [0.1, 0.15) is 15.4 Å². The predicted octanol–water partition coefficient (Wildman–Crippen LogP) is 4.42. The first-order valence-corrected chi connectivity index (χ1v) is 12.2. The number of piperazine rings is 1. The van der Waals surface area contributed by atoms with Gasteiger partial charge in [0.05, 0.1) is 18.7 Å². The van der Waals surface area contributed by atoms with Crippen LogP contribution in [0.2, 0.25) is 0 Å². The highest BCUT2D eigenvalue weighted by Gasteiger charge is 2.33. The lowest BCUT2D eigenvalue weighted by atomic mass is 10.1. The van der Waals surface area contributed by atoms with E-state index in [9.17, 15) is 31.5 Å². The Bertz CT molecular complexity index is 1310. The zero-order valence-corrected chi connectivity index (χ0v) is 22.1. The van der Waals surface area contributed by atoms with Crippen LogP contribution in [-0.4, -0.2) is 77.8 Å². The fourth-order valence-corrected chi connectivity index (χ4v) is 4.60. The summed E-state index contributed by atoms with van der Waals surface area (Å²) < 4.78 is 69.8. The molecule has 0 bridgehead atoms. The maximum Gasteiger partial charge on any atom is 0.573 e. The maximum atomic E-state index is 13.5. The first kappa shape index (κ1) is 30.3. The van der Waals surface area contributed by atoms with Crippen LogP contribution in [0, 0.1) is 11.6 Å². The van der Waals surface area contributed by atoms with Crippen molar-refractivity contribution in [3.8, 4) is 16.3 Å². The Morgan fingerprint density at radius 2 is 1.69 bits per heavy atom. The van der Waals surface area contributed by atoms with E-state index in [1.807, 2.05) is 11.9 Å². The number of nitrogens with one attached hydrogen (secondary N) is 1. The predicted molar refractivity (Wildman–Crippen MR) is 136 cm³/mol. The molecule has 1 N–H and O–H groups in total. The third-order valence-corrected chi connectivity index (χ3v) is 6.62. The molecule has 39 heavy (non-hydrogen) atoms. The number of likely N-dealkylation sites (N-methyl/N-ethyl adjacent to an activating group) is 1. The molecule has 0 radical (unpaired) electrons. The van der Waals surface area contributed by atoms with Gasteiger partial charge in [-0.2, -0.15) is 0 Å². The van der Waals surface area contributed by atoms with Gasteiger partial charge in [0.2, 0.25) is 5.91 Å². The summed E-state index contributed by atoms with van der Waals surface area (Å²) in [7, 11) is 1.95. The maximum absolute atomic E-state index is 13.5. The fourth-order valence-electron chi connectivity index (χ4n) is 3.77. The Hall–Kier alpha value is -3.20. The number of Topliss-reactive ketones (excluding diaryl/α,β-unsaturated/α-hetero) is 1. The van der Waals surface area contributed by atoms with Gasteiger partial charge in [-0.15, -0.1) is 35.8 Å². The van der Waals surface area contributed by atoms with Gasteiger partial charge in [-0.3, -0.25) is 14.5 Å². The number of anilines is 1. The molecular weight excluding hydrogens is 569 g/mol. The minimum absolute atomic E-state index is 0. The van der Waals surface area contributed by atoms with Gasteiger partial charge < -0.3 is 15.0 Å². The molecule has 0 unspecified atom stereocenters. The molecule has 3 aromatic rings. The summed E-state index contributed by atoms with van der Waals surface area (Å²) in [4.78, 5) is 29.4. The smallest absolute Gasteiger partial charge is 0.404 e. The first-order valence-electron chi connectivity index (χ1n) is 11.4. The third-order valence-electron chi connectivity index (χ3n) is 5.65. The lowest BCUT2D eigenvalue weighted by molar-refractivity contribution is -0.274. The van der Waals surface area contributed by atoms with Gasteiger partial charge in [0.25, 0.3) is 0 Å². The molecule has 4 rings (SSSR count).